The van der Waals surface area contributed by atoms with Gasteiger partial charge in [-0.3, -0.25) is 0 Å². The van der Waals surface area contributed by atoms with E-state index >= 15 is 0 Å². The van der Waals surface area contributed by atoms with E-state index in [1.807, 2.05) is 18.2 Å². The third-order valence-corrected chi connectivity index (χ3v) is 3.75. The number of rotatable bonds is 2. The minimum atomic E-state index is -0.0612. The zero-order valence-electron chi connectivity index (χ0n) is 8.60. The minimum Gasteiger partial charge on any atom is -0.325 e. The molecule has 0 aromatic heterocycles. The Morgan fingerprint density at radius 1 is 1.20 bits per heavy atom. The van der Waals surface area contributed by atoms with Crippen LogP contribution in [0.25, 0.3) is 0 Å². The summed E-state index contributed by atoms with van der Waals surface area (Å²) in [6, 6.07) is 5.58. The molecule has 0 aliphatic heterocycles. The quantitative estimate of drug-likeness (QED) is 0.841. The number of benzene rings is 1. The smallest absolute Gasteiger partial charge is 0.0439 e. The van der Waals surface area contributed by atoms with E-state index in [-0.39, 0.29) is 5.54 Å². The maximum absolute atomic E-state index is 6.31. The number of nitrogens with two attached hydrogens (primary N) is 1. The highest BCUT2D eigenvalue weighted by molar-refractivity contribution is 6.33. The molecule has 1 saturated carbocycles. The average molecular weight is 244 g/mol. The molecular weight excluding hydrogens is 229 g/mol. The van der Waals surface area contributed by atoms with E-state index in [1.165, 1.54) is 12.8 Å². The fraction of sp³-hybridized carbons (Fsp3) is 0.500. The number of hydrogen-bond donors (Lipinski definition) is 1. The fourth-order valence-electron chi connectivity index (χ4n) is 2.31. The summed E-state index contributed by atoms with van der Waals surface area (Å²) < 4.78 is 0. The van der Waals surface area contributed by atoms with Crippen molar-refractivity contribution in [3.63, 3.8) is 0 Å². The maximum Gasteiger partial charge on any atom is 0.0439 e. The van der Waals surface area contributed by atoms with Gasteiger partial charge in [-0.2, -0.15) is 0 Å². The van der Waals surface area contributed by atoms with E-state index in [4.69, 9.17) is 28.9 Å². The molecule has 0 unspecified atom stereocenters. The van der Waals surface area contributed by atoms with Crippen molar-refractivity contribution in [1.82, 2.24) is 0 Å². The van der Waals surface area contributed by atoms with Crippen molar-refractivity contribution in [1.29, 1.82) is 0 Å². The molecule has 1 aliphatic rings. The topological polar surface area (TPSA) is 26.0 Å². The van der Waals surface area contributed by atoms with Crippen LogP contribution in [0, 0.1) is 0 Å². The van der Waals surface area contributed by atoms with Gasteiger partial charge in [0.1, 0.15) is 0 Å². The Balaban J connectivity index is 2.19. The molecule has 1 fully saturated rings. The summed E-state index contributed by atoms with van der Waals surface area (Å²) in [5.41, 5.74) is 7.32. The Morgan fingerprint density at radius 2 is 1.87 bits per heavy atom. The Morgan fingerprint density at radius 3 is 2.53 bits per heavy atom. The zero-order valence-corrected chi connectivity index (χ0v) is 10.1. The van der Waals surface area contributed by atoms with Crippen molar-refractivity contribution in [2.75, 3.05) is 0 Å². The molecule has 0 heterocycles. The summed E-state index contributed by atoms with van der Waals surface area (Å²) in [5.74, 6) is 0. The number of hydrogen-bond acceptors (Lipinski definition) is 1. The second-order valence-electron chi connectivity index (χ2n) is 4.48. The lowest BCUT2D eigenvalue weighted by Crippen LogP contribution is -2.38. The molecule has 1 nitrogen and oxygen atoms in total. The van der Waals surface area contributed by atoms with E-state index in [0.717, 1.165) is 34.9 Å². The Kier molecular flexibility index (Phi) is 3.24. The molecule has 0 radical (unpaired) electrons. The highest BCUT2D eigenvalue weighted by Crippen LogP contribution is 2.33. The Labute approximate surface area is 101 Å². The first kappa shape index (κ1) is 11.3. The number of halogens is 2. The van der Waals surface area contributed by atoms with Crippen LogP contribution in [0.2, 0.25) is 10.0 Å². The first-order valence-corrected chi connectivity index (χ1v) is 6.07. The molecule has 1 aliphatic carbocycles. The summed E-state index contributed by atoms with van der Waals surface area (Å²) >= 11 is 12.1. The molecule has 15 heavy (non-hydrogen) atoms. The van der Waals surface area contributed by atoms with Crippen LogP contribution in [0.3, 0.4) is 0 Å². The summed E-state index contributed by atoms with van der Waals surface area (Å²) in [7, 11) is 0. The van der Waals surface area contributed by atoms with Crippen LogP contribution < -0.4 is 5.73 Å². The summed E-state index contributed by atoms with van der Waals surface area (Å²) in [5, 5.41) is 1.51. The van der Waals surface area contributed by atoms with Gasteiger partial charge in [0.2, 0.25) is 0 Å². The summed E-state index contributed by atoms with van der Waals surface area (Å²) in [6.45, 7) is 0. The molecule has 1 aromatic rings. The lowest BCUT2D eigenvalue weighted by atomic mass is 9.90. The van der Waals surface area contributed by atoms with Crippen molar-refractivity contribution in [3.8, 4) is 0 Å². The molecule has 82 valence electrons. The van der Waals surface area contributed by atoms with Crippen LogP contribution >= 0.6 is 23.2 Å². The van der Waals surface area contributed by atoms with Crippen molar-refractivity contribution >= 4 is 23.2 Å². The van der Waals surface area contributed by atoms with Gasteiger partial charge < -0.3 is 5.73 Å². The molecule has 0 bridgehead atoms. The predicted octanol–water partition coefficient (Wildman–Crippen LogP) is 3.81. The van der Waals surface area contributed by atoms with Crippen LogP contribution in [0.5, 0.6) is 0 Å². The first-order chi connectivity index (χ1) is 7.09. The molecule has 0 amide bonds. The van der Waals surface area contributed by atoms with E-state index in [2.05, 4.69) is 0 Å². The average Bonchev–Trinajstić information content (AvgIpc) is 2.59. The van der Waals surface area contributed by atoms with E-state index in [0.29, 0.717) is 0 Å². The second-order valence-corrected chi connectivity index (χ2v) is 5.33. The largest absolute Gasteiger partial charge is 0.325 e. The molecule has 3 heteroatoms. The SMILES string of the molecule is NC1(Cc2cc(Cl)ccc2Cl)CCCC1. The van der Waals surface area contributed by atoms with Gasteiger partial charge in [-0.05, 0) is 43.0 Å². The fourth-order valence-corrected chi connectivity index (χ4v) is 2.69. The van der Waals surface area contributed by atoms with Crippen LogP contribution in [0.4, 0.5) is 0 Å². The molecule has 2 N–H and O–H groups in total. The Hall–Kier alpha value is -0.240. The summed E-state index contributed by atoms with van der Waals surface area (Å²) in [4.78, 5) is 0. The highest BCUT2D eigenvalue weighted by atomic mass is 35.5. The summed E-state index contributed by atoms with van der Waals surface area (Å²) in [6.07, 6.45) is 5.49. The van der Waals surface area contributed by atoms with E-state index in [9.17, 15) is 0 Å². The van der Waals surface area contributed by atoms with Crippen LogP contribution in [-0.4, -0.2) is 5.54 Å². The van der Waals surface area contributed by atoms with Gasteiger partial charge in [0.15, 0.2) is 0 Å². The van der Waals surface area contributed by atoms with Crippen molar-refractivity contribution in [3.05, 3.63) is 33.8 Å². The van der Waals surface area contributed by atoms with E-state index in [1.54, 1.807) is 0 Å². The van der Waals surface area contributed by atoms with Crippen LogP contribution in [0.15, 0.2) is 18.2 Å². The highest BCUT2D eigenvalue weighted by Gasteiger charge is 2.29. The molecular formula is C12H15Cl2N. The molecule has 0 atom stereocenters. The monoisotopic (exact) mass is 243 g/mol. The van der Waals surface area contributed by atoms with Gasteiger partial charge in [0, 0.05) is 15.6 Å². The third kappa shape index (κ3) is 2.66. The Bertz CT molecular complexity index is 357. The molecule has 1 aromatic carbocycles. The van der Waals surface area contributed by atoms with Crippen LogP contribution in [0.1, 0.15) is 31.2 Å². The van der Waals surface area contributed by atoms with Gasteiger partial charge >= 0.3 is 0 Å². The van der Waals surface area contributed by atoms with Gasteiger partial charge in [0.05, 0.1) is 0 Å². The van der Waals surface area contributed by atoms with Crippen LogP contribution in [-0.2, 0) is 6.42 Å². The second kappa shape index (κ2) is 4.32. The van der Waals surface area contributed by atoms with Gasteiger partial charge in [-0.25, -0.2) is 0 Å². The normalized spacial score (nSPS) is 19.4. The van der Waals surface area contributed by atoms with Gasteiger partial charge in [-0.15, -0.1) is 0 Å². The standard InChI is InChI=1S/C12H15Cl2N/c13-10-3-4-11(14)9(7-10)8-12(15)5-1-2-6-12/h3-4,7H,1-2,5-6,8,15H2. The molecule has 2 rings (SSSR count). The van der Waals surface area contributed by atoms with E-state index < -0.39 is 0 Å². The van der Waals surface area contributed by atoms with Gasteiger partial charge in [0.25, 0.3) is 0 Å². The minimum absolute atomic E-state index is 0.0612. The predicted molar refractivity (Wildman–Crippen MR) is 65.6 cm³/mol. The first-order valence-electron chi connectivity index (χ1n) is 5.32. The maximum atomic E-state index is 6.31. The van der Waals surface area contributed by atoms with Crippen molar-refractivity contribution in [2.24, 2.45) is 5.73 Å². The lowest BCUT2D eigenvalue weighted by Gasteiger charge is -2.24. The molecule has 0 saturated heterocycles. The van der Waals surface area contributed by atoms with Gasteiger partial charge in [-0.1, -0.05) is 36.0 Å². The molecule has 0 spiro atoms. The van der Waals surface area contributed by atoms with Crippen molar-refractivity contribution in [2.45, 2.75) is 37.6 Å². The zero-order chi connectivity index (χ0) is 10.9. The third-order valence-electron chi connectivity index (χ3n) is 3.15. The van der Waals surface area contributed by atoms with Crippen molar-refractivity contribution < 1.29 is 0 Å². The lowest BCUT2D eigenvalue weighted by molar-refractivity contribution is 0.436.